The van der Waals surface area contributed by atoms with Crippen molar-refractivity contribution < 1.29 is 9.18 Å². The topological polar surface area (TPSA) is 43.1 Å². The van der Waals surface area contributed by atoms with Gasteiger partial charge in [-0.2, -0.15) is 0 Å². The summed E-state index contributed by atoms with van der Waals surface area (Å²) >= 11 is 0. The van der Waals surface area contributed by atoms with E-state index in [1.54, 1.807) is 18.2 Å². The molecule has 0 fully saturated rings. The number of hydrogen-bond acceptors (Lipinski definition) is 2. The van der Waals surface area contributed by atoms with Gasteiger partial charge in [-0.05, 0) is 36.7 Å². The summed E-state index contributed by atoms with van der Waals surface area (Å²) in [4.78, 5) is 12.2. The van der Waals surface area contributed by atoms with Crippen LogP contribution in [0, 0.1) is 5.82 Å². The quantitative estimate of drug-likeness (QED) is 0.839. The van der Waals surface area contributed by atoms with E-state index in [4.69, 9.17) is 5.73 Å². The Labute approximate surface area is 105 Å². The van der Waals surface area contributed by atoms with Crippen LogP contribution in [0.25, 0.3) is 0 Å². The molecule has 0 aromatic heterocycles. The molecule has 0 atom stereocenters. The molecule has 2 nitrogen and oxygen atoms in total. The van der Waals surface area contributed by atoms with E-state index in [-0.39, 0.29) is 5.78 Å². The fraction of sp³-hybridized carbons (Fsp3) is 0.133. The normalized spacial score (nSPS) is 10.3. The van der Waals surface area contributed by atoms with Crippen molar-refractivity contribution >= 4 is 5.78 Å². The van der Waals surface area contributed by atoms with Gasteiger partial charge in [-0.25, -0.2) is 4.39 Å². The van der Waals surface area contributed by atoms with E-state index < -0.39 is 5.82 Å². The molecule has 0 spiro atoms. The van der Waals surface area contributed by atoms with E-state index >= 15 is 0 Å². The van der Waals surface area contributed by atoms with Crippen LogP contribution in [0.2, 0.25) is 0 Å². The summed E-state index contributed by atoms with van der Waals surface area (Å²) in [7, 11) is 0. The average Bonchev–Trinajstić information content (AvgIpc) is 2.39. The Balaban J connectivity index is 2.31. The van der Waals surface area contributed by atoms with Gasteiger partial charge in [0.15, 0.2) is 5.78 Å². The highest BCUT2D eigenvalue weighted by atomic mass is 19.1. The summed E-state index contributed by atoms with van der Waals surface area (Å²) in [5.41, 5.74) is 7.42. The molecule has 0 aliphatic carbocycles. The lowest BCUT2D eigenvalue weighted by Crippen LogP contribution is -2.05. The lowest BCUT2D eigenvalue weighted by atomic mass is 10.0. The minimum Gasteiger partial charge on any atom is -0.330 e. The van der Waals surface area contributed by atoms with E-state index in [1.165, 1.54) is 18.2 Å². The van der Waals surface area contributed by atoms with Crippen LogP contribution < -0.4 is 5.73 Å². The van der Waals surface area contributed by atoms with Crippen molar-refractivity contribution in [1.82, 2.24) is 0 Å². The van der Waals surface area contributed by atoms with Gasteiger partial charge in [0.2, 0.25) is 0 Å². The van der Waals surface area contributed by atoms with Crippen LogP contribution in [-0.4, -0.2) is 12.3 Å². The molecule has 2 aromatic rings. The molecule has 0 aliphatic rings. The summed E-state index contributed by atoms with van der Waals surface area (Å²) in [5.74, 6) is -0.577. The van der Waals surface area contributed by atoms with E-state index in [0.29, 0.717) is 17.7 Å². The Morgan fingerprint density at radius 2 is 1.72 bits per heavy atom. The molecule has 2 rings (SSSR count). The first-order valence-corrected chi connectivity index (χ1v) is 5.80. The maximum absolute atomic E-state index is 13.1. The summed E-state index contributed by atoms with van der Waals surface area (Å²) < 4.78 is 13.1. The van der Waals surface area contributed by atoms with Gasteiger partial charge in [-0.15, -0.1) is 0 Å². The number of nitrogens with two attached hydrogens (primary N) is 1. The molecule has 18 heavy (non-hydrogen) atoms. The second-order valence-electron chi connectivity index (χ2n) is 4.08. The zero-order valence-electron chi connectivity index (χ0n) is 9.90. The van der Waals surface area contributed by atoms with Gasteiger partial charge in [0, 0.05) is 11.1 Å². The summed E-state index contributed by atoms with van der Waals surface area (Å²) in [6.07, 6.45) is 0.726. The first kappa shape index (κ1) is 12.5. The molecule has 0 heterocycles. The smallest absolute Gasteiger partial charge is 0.193 e. The zero-order valence-corrected chi connectivity index (χ0v) is 9.90. The number of hydrogen-bond donors (Lipinski definition) is 1. The molecule has 0 bridgehead atoms. The predicted octanol–water partition coefficient (Wildman–Crippen LogP) is 2.56. The van der Waals surface area contributed by atoms with Gasteiger partial charge in [-0.1, -0.05) is 30.3 Å². The lowest BCUT2D eigenvalue weighted by Gasteiger charge is -2.04. The second kappa shape index (κ2) is 5.56. The van der Waals surface area contributed by atoms with E-state index in [1.807, 2.05) is 12.1 Å². The van der Waals surface area contributed by atoms with Gasteiger partial charge >= 0.3 is 0 Å². The van der Waals surface area contributed by atoms with Crippen molar-refractivity contribution in [3.63, 3.8) is 0 Å². The third kappa shape index (κ3) is 2.81. The molecule has 0 saturated heterocycles. The molecular formula is C15H14FNO. The molecule has 92 valence electrons. The van der Waals surface area contributed by atoms with Crippen LogP contribution in [0.5, 0.6) is 0 Å². The Morgan fingerprint density at radius 1 is 1.06 bits per heavy atom. The molecular weight excluding hydrogens is 229 g/mol. The molecule has 0 saturated carbocycles. The molecule has 2 N–H and O–H groups in total. The van der Waals surface area contributed by atoms with Gasteiger partial charge in [0.25, 0.3) is 0 Å². The largest absolute Gasteiger partial charge is 0.330 e. The molecule has 3 heteroatoms. The number of carbonyl (C=O) groups is 1. The molecule has 2 aromatic carbocycles. The molecule has 0 radical (unpaired) electrons. The summed E-state index contributed by atoms with van der Waals surface area (Å²) in [5, 5.41) is 0. The van der Waals surface area contributed by atoms with Crippen molar-refractivity contribution in [2.45, 2.75) is 6.42 Å². The first-order valence-electron chi connectivity index (χ1n) is 5.80. The molecule has 0 aliphatic heterocycles. The Hall–Kier alpha value is -2.00. The lowest BCUT2D eigenvalue weighted by molar-refractivity contribution is 0.103. The fourth-order valence-electron chi connectivity index (χ4n) is 1.83. The maximum Gasteiger partial charge on any atom is 0.193 e. The predicted molar refractivity (Wildman–Crippen MR) is 69.0 cm³/mol. The highest BCUT2D eigenvalue weighted by Crippen LogP contribution is 2.13. The summed E-state index contributed by atoms with van der Waals surface area (Å²) in [6, 6.07) is 13.0. The highest BCUT2D eigenvalue weighted by Gasteiger charge is 2.09. The number of halogens is 1. The number of ketones is 1. The number of carbonyl (C=O) groups excluding carboxylic acids is 1. The van der Waals surface area contributed by atoms with Crippen molar-refractivity contribution in [2.75, 3.05) is 6.54 Å². The standard InChI is InChI=1S/C15H14FNO/c16-14-6-2-5-13(10-14)15(18)12-4-1-3-11(9-12)7-8-17/h1-6,9-10H,7-8,17H2. The zero-order chi connectivity index (χ0) is 13.0. The van der Waals surface area contributed by atoms with Gasteiger partial charge in [0.1, 0.15) is 5.82 Å². The van der Waals surface area contributed by atoms with Crippen LogP contribution >= 0.6 is 0 Å². The Morgan fingerprint density at radius 3 is 2.39 bits per heavy atom. The third-order valence-corrected chi connectivity index (χ3v) is 2.71. The number of rotatable bonds is 4. The van der Waals surface area contributed by atoms with Crippen LogP contribution in [0.15, 0.2) is 48.5 Å². The van der Waals surface area contributed by atoms with Crippen LogP contribution in [-0.2, 0) is 6.42 Å². The maximum atomic E-state index is 13.1. The molecule has 0 unspecified atom stereocenters. The molecule has 0 amide bonds. The van der Waals surface area contributed by atoms with E-state index in [0.717, 1.165) is 12.0 Å². The van der Waals surface area contributed by atoms with Crippen LogP contribution in [0.1, 0.15) is 21.5 Å². The van der Waals surface area contributed by atoms with Gasteiger partial charge < -0.3 is 5.73 Å². The SMILES string of the molecule is NCCc1cccc(C(=O)c2cccc(F)c2)c1. The minimum atomic E-state index is -0.404. The van der Waals surface area contributed by atoms with E-state index in [9.17, 15) is 9.18 Å². The van der Waals surface area contributed by atoms with Crippen LogP contribution in [0.4, 0.5) is 4.39 Å². The highest BCUT2D eigenvalue weighted by molar-refractivity contribution is 6.09. The van der Waals surface area contributed by atoms with Crippen molar-refractivity contribution in [1.29, 1.82) is 0 Å². The Kier molecular flexibility index (Phi) is 3.85. The number of benzene rings is 2. The summed E-state index contributed by atoms with van der Waals surface area (Å²) in [6.45, 7) is 0.539. The van der Waals surface area contributed by atoms with Crippen LogP contribution in [0.3, 0.4) is 0 Å². The monoisotopic (exact) mass is 243 g/mol. The van der Waals surface area contributed by atoms with Crippen molar-refractivity contribution in [3.8, 4) is 0 Å². The third-order valence-electron chi connectivity index (χ3n) is 2.71. The Bertz CT molecular complexity index is 566. The van der Waals surface area contributed by atoms with E-state index in [2.05, 4.69) is 0 Å². The van der Waals surface area contributed by atoms with Crippen molar-refractivity contribution in [2.24, 2.45) is 5.73 Å². The second-order valence-corrected chi connectivity index (χ2v) is 4.08. The first-order chi connectivity index (χ1) is 8.70. The van der Waals surface area contributed by atoms with Gasteiger partial charge in [0.05, 0.1) is 0 Å². The fourth-order valence-corrected chi connectivity index (χ4v) is 1.83. The van der Waals surface area contributed by atoms with Gasteiger partial charge in [-0.3, -0.25) is 4.79 Å². The van der Waals surface area contributed by atoms with Crippen molar-refractivity contribution in [3.05, 3.63) is 71.0 Å². The average molecular weight is 243 g/mol. The minimum absolute atomic E-state index is 0.173.